The van der Waals surface area contributed by atoms with E-state index in [9.17, 15) is 24.3 Å². The van der Waals surface area contributed by atoms with E-state index in [1.165, 1.54) is 10.5 Å². The molecule has 258 valence electrons. The number of likely N-dealkylation sites (tertiary alicyclic amines) is 2. The Kier molecular flexibility index (Phi) is 8.43. The number of hydrogen-bond acceptors (Lipinski definition) is 7. The minimum absolute atomic E-state index is 0.0756. The Morgan fingerprint density at radius 1 is 0.820 bits per heavy atom. The monoisotopic (exact) mass is 673 g/mol. The summed E-state index contributed by atoms with van der Waals surface area (Å²) in [6, 6.07) is 26.7. The normalized spacial score (nSPS) is 29.9. The predicted octanol–water partition coefficient (Wildman–Crippen LogP) is 4.95. The predicted molar refractivity (Wildman–Crippen MR) is 187 cm³/mol. The van der Waals surface area contributed by atoms with E-state index in [0.29, 0.717) is 24.3 Å². The van der Waals surface area contributed by atoms with Gasteiger partial charge in [0.25, 0.3) is 0 Å². The molecule has 2 aliphatic carbocycles. The number of fused-ring (bicyclic) bond motifs is 4. The van der Waals surface area contributed by atoms with Crippen LogP contribution in [0.25, 0.3) is 0 Å². The second kappa shape index (κ2) is 12.9. The average molecular weight is 674 g/mol. The number of nitrogens with zero attached hydrogens (tertiary/aromatic N) is 3. The van der Waals surface area contributed by atoms with Crippen molar-refractivity contribution in [3.05, 3.63) is 108 Å². The Hall–Kier alpha value is -4.60. The van der Waals surface area contributed by atoms with Gasteiger partial charge in [-0.15, -0.1) is 0 Å². The van der Waals surface area contributed by atoms with Crippen LogP contribution >= 0.6 is 0 Å². The smallest absolute Gasteiger partial charge is 0.241 e. The highest BCUT2D eigenvalue weighted by Gasteiger charge is 2.68. The lowest BCUT2D eigenvalue weighted by molar-refractivity contribution is -0.144. The zero-order chi connectivity index (χ0) is 34.6. The molecule has 9 nitrogen and oxygen atoms in total. The van der Waals surface area contributed by atoms with Crippen molar-refractivity contribution in [3.8, 4) is 5.75 Å². The van der Waals surface area contributed by atoms with Crippen LogP contribution in [0.2, 0.25) is 0 Å². The number of hydrogen-bond donors (Lipinski definition) is 1. The third-order valence-electron chi connectivity index (χ3n) is 12.1. The molecular weight excluding hydrogens is 630 g/mol. The van der Waals surface area contributed by atoms with Gasteiger partial charge in [0.2, 0.25) is 23.6 Å². The van der Waals surface area contributed by atoms with E-state index in [0.717, 1.165) is 43.6 Å². The molecule has 5 aliphatic rings. The molecule has 4 amide bonds. The molecule has 0 bridgehead atoms. The van der Waals surface area contributed by atoms with Gasteiger partial charge >= 0.3 is 0 Å². The van der Waals surface area contributed by atoms with Gasteiger partial charge in [0, 0.05) is 37.2 Å². The number of anilines is 1. The highest BCUT2D eigenvalue weighted by Crippen LogP contribution is 2.64. The van der Waals surface area contributed by atoms with Crippen molar-refractivity contribution in [1.82, 2.24) is 9.80 Å². The van der Waals surface area contributed by atoms with Crippen LogP contribution < -0.4 is 9.64 Å². The maximum absolute atomic E-state index is 14.7. The van der Waals surface area contributed by atoms with Gasteiger partial charge in [0.15, 0.2) is 0 Å². The number of piperidine rings is 1. The number of benzene rings is 3. The van der Waals surface area contributed by atoms with Gasteiger partial charge < -0.3 is 9.84 Å². The molecule has 1 saturated carbocycles. The van der Waals surface area contributed by atoms with Crippen LogP contribution in [-0.2, 0) is 25.7 Å². The summed E-state index contributed by atoms with van der Waals surface area (Å²) in [6.45, 7) is 4.23. The quantitative estimate of drug-likeness (QED) is 0.266. The highest BCUT2D eigenvalue weighted by molar-refractivity contribution is 6.24. The number of imide groups is 2. The maximum Gasteiger partial charge on any atom is 0.241 e. The number of aliphatic hydroxyl groups is 1. The summed E-state index contributed by atoms with van der Waals surface area (Å²) in [5.74, 6) is -2.98. The lowest BCUT2D eigenvalue weighted by Gasteiger charge is -2.49. The molecule has 0 radical (unpaired) electrons. The second-order valence-electron chi connectivity index (χ2n) is 14.6. The Morgan fingerprint density at radius 3 is 2.22 bits per heavy atom. The van der Waals surface area contributed by atoms with Crippen LogP contribution in [0.1, 0.15) is 49.7 Å². The molecule has 3 aromatic carbocycles. The van der Waals surface area contributed by atoms with E-state index in [-0.39, 0.29) is 48.8 Å². The number of amides is 4. The van der Waals surface area contributed by atoms with Crippen LogP contribution in [0.3, 0.4) is 0 Å². The van der Waals surface area contributed by atoms with Gasteiger partial charge in [-0.1, -0.05) is 78.4 Å². The number of rotatable bonds is 8. The molecule has 1 N–H and O–H groups in total. The number of carbonyl (C=O) groups is 4. The summed E-state index contributed by atoms with van der Waals surface area (Å²) >= 11 is 0. The molecule has 50 heavy (non-hydrogen) atoms. The van der Waals surface area contributed by atoms with E-state index in [1.807, 2.05) is 67.6 Å². The summed E-state index contributed by atoms with van der Waals surface area (Å²) in [4.78, 5) is 63.1. The van der Waals surface area contributed by atoms with Crippen molar-refractivity contribution >= 4 is 29.3 Å². The Morgan fingerprint density at radius 2 is 1.50 bits per heavy atom. The van der Waals surface area contributed by atoms with Gasteiger partial charge in [-0.05, 0) is 62.3 Å². The molecule has 0 aromatic heterocycles. The Labute approximate surface area is 292 Å². The Bertz CT molecular complexity index is 1840. The fourth-order valence-corrected chi connectivity index (χ4v) is 9.75. The van der Waals surface area contributed by atoms with Gasteiger partial charge in [0.1, 0.15) is 12.4 Å². The maximum atomic E-state index is 14.7. The molecule has 0 unspecified atom stereocenters. The minimum Gasteiger partial charge on any atom is -0.491 e. The number of allylic oxidation sites excluding steroid dienone is 2. The molecule has 3 saturated heterocycles. The zero-order valence-corrected chi connectivity index (χ0v) is 28.3. The zero-order valence-electron chi connectivity index (χ0n) is 28.3. The first-order chi connectivity index (χ1) is 24.3. The number of ether oxygens (including phenoxy) is 1. The number of carbonyl (C=O) groups excluding carboxylic acids is 4. The van der Waals surface area contributed by atoms with Crippen LogP contribution in [0.15, 0.2) is 96.6 Å². The molecule has 4 fully saturated rings. The topological polar surface area (TPSA) is 107 Å². The lowest BCUT2D eigenvalue weighted by atomic mass is 9.51. The van der Waals surface area contributed by atoms with E-state index in [4.69, 9.17) is 4.74 Å². The minimum atomic E-state index is -1.16. The summed E-state index contributed by atoms with van der Waals surface area (Å²) in [6.07, 6.45) is 4.27. The third-order valence-corrected chi connectivity index (χ3v) is 12.1. The van der Waals surface area contributed by atoms with Crippen LogP contribution in [0.4, 0.5) is 5.69 Å². The highest BCUT2D eigenvalue weighted by atomic mass is 16.5. The van der Waals surface area contributed by atoms with Gasteiger partial charge in [-0.25, -0.2) is 4.90 Å². The van der Waals surface area contributed by atoms with Crippen molar-refractivity contribution in [2.45, 2.75) is 51.1 Å². The molecular formula is C41H43N3O6. The molecule has 8 rings (SSSR count). The summed E-state index contributed by atoms with van der Waals surface area (Å²) in [5, 5.41) is 9.61. The van der Waals surface area contributed by atoms with Crippen molar-refractivity contribution in [2.24, 2.45) is 29.1 Å². The van der Waals surface area contributed by atoms with E-state index >= 15 is 0 Å². The van der Waals surface area contributed by atoms with E-state index in [2.05, 4.69) is 23.1 Å². The van der Waals surface area contributed by atoms with Crippen molar-refractivity contribution in [1.29, 1.82) is 0 Å². The lowest BCUT2D eigenvalue weighted by Crippen LogP contribution is -2.49. The third kappa shape index (κ3) is 5.12. The van der Waals surface area contributed by atoms with Crippen molar-refractivity contribution in [3.63, 3.8) is 0 Å². The molecule has 3 heterocycles. The fourth-order valence-electron chi connectivity index (χ4n) is 9.75. The summed E-state index contributed by atoms with van der Waals surface area (Å²) in [5.41, 5.74) is 2.29. The standard InChI is InChI=1S/C41H43N3O6/c1-41-33(38(47)44(40(41)49)27-12-6-3-7-13-27)24-32-29(36(41)30-14-8-9-15-34(30)50-23-22-45)16-17-31-35(32)39(48)43(37(31)46)28-18-20-42(21-19-28)25-26-10-4-2-5-11-26/h2-16,28,31-33,35-36,45H,17-25H2,1H3/t31-,32+,33-,35-,36+,41+/m0/s1. The first-order valence-corrected chi connectivity index (χ1v) is 17.9. The largest absolute Gasteiger partial charge is 0.491 e. The first-order valence-electron chi connectivity index (χ1n) is 17.9. The second-order valence-corrected chi connectivity index (χ2v) is 14.6. The van der Waals surface area contributed by atoms with Crippen LogP contribution in [0, 0.1) is 29.1 Å². The number of aliphatic hydroxyl groups excluding tert-OH is 1. The summed E-state index contributed by atoms with van der Waals surface area (Å²) in [7, 11) is 0. The first kappa shape index (κ1) is 32.6. The van der Waals surface area contributed by atoms with Gasteiger partial charge in [-0.2, -0.15) is 0 Å². The van der Waals surface area contributed by atoms with E-state index < -0.39 is 29.1 Å². The molecule has 3 aromatic rings. The van der Waals surface area contributed by atoms with E-state index in [1.54, 1.807) is 17.0 Å². The molecule has 6 atom stereocenters. The molecule has 0 spiro atoms. The van der Waals surface area contributed by atoms with Crippen molar-refractivity contribution in [2.75, 3.05) is 31.2 Å². The number of para-hydroxylation sites is 2. The van der Waals surface area contributed by atoms with Gasteiger partial charge in [-0.3, -0.25) is 29.0 Å². The fraction of sp³-hybridized carbons (Fsp3) is 0.415. The van der Waals surface area contributed by atoms with Crippen molar-refractivity contribution < 1.29 is 29.0 Å². The molecule has 3 aliphatic heterocycles. The van der Waals surface area contributed by atoms with Gasteiger partial charge in [0.05, 0.1) is 35.5 Å². The van der Waals surface area contributed by atoms with Crippen LogP contribution in [-0.4, -0.2) is 70.9 Å². The SMILES string of the molecule is C[C@@]12C(=O)N(c3ccccc3)C(=O)[C@@H]1C[C@@H]1C(=CC[C@@H]3C(=O)N(C4CCN(Cc5ccccc5)CC4)C(=O)[C@@H]31)[C@@H]2c1ccccc1OCCO. The molecule has 9 heteroatoms. The summed E-state index contributed by atoms with van der Waals surface area (Å²) < 4.78 is 6.03. The van der Waals surface area contributed by atoms with Crippen LogP contribution in [0.5, 0.6) is 5.75 Å². The average Bonchev–Trinajstić information content (AvgIpc) is 3.51. The Balaban J connectivity index is 1.13.